The van der Waals surface area contributed by atoms with Gasteiger partial charge in [0, 0.05) is 24.0 Å². The number of benzene rings is 2. The molecule has 0 bridgehead atoms. The number of carbonyl (C=O) groups excluding carboxylic acids is 2. The van der Waals surface area contributed by atoms with Crippen molar-refractivity contribution in [2.24, 2.45) is 0 Å². The van der Waals surface area contributed by atoms with Crippen LogP contribution in [0.2, 0.25) is 0 Å². The fourth-order valence-corrected chi connectivity index (χ4v) is 5.03. The third kappa shape index (κ3) is 6.10. The van der Waals surface area contributed by atoms with E-state index >= 15 is 0 Å². The predicted octanol–water partition coefficient (Wildman–Crippen LogP) is 4.23. The van der Waals surface area contributed by atoms with Crippen LogP contribution in [0.5, 0.6) is 5.75 Å². The van der Waals surface area contributed by atoms with Crippen molar-refractivity contribution < 1.29 is 49.6 Å². The molecular weight excluding hydrogens is 543 g/mol. The van der Waals surface area contributed by atoms with Crippen molar-refractivity contribution >= 4 is 27.7 Å². The Morgan fingerprint density at radius 3 is 2.13 bits per heavy atom. The third-order valence-electron chi connectivity index (χ3n) is 6.22. The first-order chi connectivity index (χ1) is 18.2. The van der Waals surface area contributed by atoms with Crippen LogP contribution in [-0.4, -0.2) is 50.9 Å². The molecule has 0 radical (unpaired) electrons. The summed E-state index contributed by atoms with van der Waals surface area (Å²) in [7, 11) is -4.88. The number of nitrogens with zero attached hydrogens (tertiary/aromatic N) is 1. The average molecular weight is 570 g/mol. The number of fused-ring (bicyclic) bond motifs is 1. The van der Waals surface area contributed by atoms with E-state index in [2.05, 4.69) is 4.18 Å². The highest BCUT2D eigenvalue weighted by Gasteiger charge is 2.50. The van der Waals surface area contributed by atoms with Crippen molar-refractivity contribution in [1.29, 1.82) is 0 Å². The maximum atomic E-state index is 14.1. The van der Waals surface area contributed by atoms with Crippen LogP contribution in [0.4, 0.5) is 18.9 Å². The molecule has 2 aromatic rings. The van der Waals surface area contributed by atoms with E-state index in [0.29, 0.717) is 5.56 Å². The lowest BCUT2D eigenvalue weighted by molar-refractivity contribution is -0.146. The summed E-state index contributed by atoms with van der Waals surface area (Å²) in [6, 6.07) is 13.4. The van der Waals surface area contributed by atoms with Gasteiger partial charge in [0.1, 0.15) is 0 Å². The monoisotopic (exact) mass is 569 g/mol. The van der Waals surface area contributed by atoms with E-state index in [1.807, 2.05) is 0 Å². The summed E-state index contributed by atoms with van der Waals surface area (Å²) in [5.74, 6) is -3.21. The minimum atomic E-state index is -6.04. The second-order valence-electron chi connectivity index (χ2n) is 9.40. The quantitative estimate of drug-likeness (QED) is 0.277. The van der Waals surface area contributed by atoms with Gasteiger partial charge in [-0.1, -0.05) is 42.5 Å². The number of alkyl halides is 3. The molecule has 0 N–H and O–H groups in total. The smallest absolute Gasteiger partial charge is 0.466 e. The molecule has 0 unspecified atom stereocenters. The minimum Gasteiger partial charge on any atom is -0.466 e. The van der Waals surface area contributed by atoms with Gasteiger partial charge >= 0.3 is 21.6 Å². The Labute approximate surface area is 223 Å². The lowest BCUT2D eigenvalue weighted by Crippen LogP contribution is -2.39. The SMILES string of the molecule is COC(=O)C1=C(C(=O)N(Cc2ccccc2)c2ccccc2OS(=O)(=O)C(F)(F)F)C[C@H]2OC(C)(C)O[C@@H]2C1. The summed E-state index contributed by atoms with van der Waals surface area (Å²) in [5.41, 5.74) is -5.32. The van der Waals surface area contributed by atoms with Crippen LogP contribution in [0, 0.1) is 0 Å². The van der Waals surface area contributed by atoms with Crippen LogP contribution >= 0.6 is 0 Å². The van der Waals surface area contributed by atoms with Crippen LogP contribution < -0.4 is 9.08 Å². The first kappa shape index (κ1) is 28.6. The average Bonchev–Trinajstić information content (AvgIpc) is 3.18. The number of halogens is 3. The van der Waals surface area contributed by atoms with Crippen molar-refractivity contribution in [2.45, 2.75) is 56.7 Å². The van der Waals surface area contributed by atoms with Crippen LogP contribution in [-0.2, 0) is 40.5 Å². The molecule has 2 aliphatic rings. The zero-order valence-corrected chi connectivity index (χ0v) is 22.0. The Morgan fingerprint density at radius 2 is 1.54 bits per heavy atom. The maximum absolute atomic E-state index is 14.1. The Kier molecular flexibility index (Phi) is 7.79. The van der Waals surface area contributed by atoms with Gasteiger partial charge in [-0.3, -0.25) is 4.79 Å². The maximum Gasteiger partial charge on any atom is 0.534 e. The zero-order valence-electron chi connectivity index (χ0n) is 21.2. The molecule has 1 aliphatic carbocycles. The minimum absolute atomic E-state index is 0.00161. The van der Waals surface area contributed by atoms with Crippen LogP contribution in [0.25, 0.3) is 0 Å². The number of esters is 1. The van der Waals surface area contributed by atoms with E-state index in [0.717, 1.165) is 18.1 Å². The number of rotatable bonds is 7. The molecule has 2 atom stereocenters. The molecule has 39 heavy (non-hydrogen) atoms. The predicted molar refractivity (Wildman–Crippen MR) is 132 cm³/mol. The normalized spacial score (nSPS) is 20.8. The number of methoxy groups -OCH3 is 1. The zero-order chi connectivity index (χ0) is 28.6. The van der Waals surface area contributed by atoms with Gasteiger partial charge in [0.25, 0.3) is 5.91 Å². The third-order valence-corrected chi connectivity index (χ3v) is 7.18. The lowest BCUT2D eigenvalue weighted by Gasteiger charge is -2.31. The molecule has 0 spiro atoms. The van der Waals surface area contributed by atoms with Gasteiger partial charge in [0.15, 0.2) is 11.5 Å². The van der Waals surface area contributed by atoms with Crippen molar-refractivity contribution in [3.8, 4) is 5.75 Å². The summed E-state index contributed by atoms with van der Waals surface area (Å²) in [6.45, 7) is 3.21. The molecule has 0 aromatic heterocycles. The highest BCUT2D eigenvalue weighted by molar-refractivity contribution is 7.88. The van der Waals surface area contributed by atoms with E-state index in [-0.39, 0.29) is 36.2 Å². The van der Waals surface area contributed by atoms with E-state index in [1.54, 1.807) is 44.2 Å². The van der Waals surface area contributed by atoms with Crippen LogP contribution in [0.3, 0.4) is 0 Å². The first-order valence-corrected chi connectivity index (χ1v) is 13.2. The summed E-state index contributed by atoms with van der Waals surface area (Å²) in [5, 5.41) is 0. The van der Waals surface area contributed by atoms with Crippen molar-refractivity contribution in [3.05, 3.63) is 71.3 Å². The molecule has 4 rings (SSSR count). The topological polar surface area (TPSA) is 108 Å². The summed E-state index contributed by atoms with van der Waals surface area (Å²) < 4.78 is 84.2. The van der Waals surface area contributed by atoms with Gasteiger partial charge in [-0.05, 0) is 31.5 Å². The fourth-order valence-electron chi connectivity index (χ4n) is 4.56. The highest BCUT2D eigenvalue weighted by Crippen LogP contribution is 2.42. The van der Waals surface area contributed by atoms with Gasteiger partial charge in [0.05, 0.1) is 31.5 Å². The molecule has 1 amide bonds. The molecule has 1 saturated heterocycles. The van der Waals surface area contributed by atoms with Gasteiger partial charge in [-0.25, -0.2) is 4.79 Å². The molecule has 1 fully saturated rings. The van der Waals surface area contributed by atoms with Gasteiger partial charge in [-0.15, -0.1) is 0 Å². The lowest BCUT2D eigenvalue weighted by atomic mass is 9.86. The number of ether oxygens (including phenoxy) is 3. The number of hydrogen-bond donors (Lipinski definition) is 0. The molecule has 9 nitrogen and oxygen atoms in total. The Hall–Kier alpha value is -3.42. The van der Waals surface area contributed by atoms with E-state index < -0.39 is 51.2 Å². The Morgan fingerprint density at radius 1 is 0.974 bits per heavy atom. The number of amides is 1. The molecular formula is C26H26F3NO8S. The van der Waals surface area contributed by atoms with Gasteiger partial charge in [-0.2, -0.15) is 21.6 Å². The van der Waals surface area contributed by atoms with E-state index in [4.69, 9.17) is 14.2 Å². The van der Waals surface area contributed by atoms with Crippen molar-refractivity contribution in [1.82, 2.24) is 0 Å². The summed E-state index contributed by atoms with van der Waals surface area (Å²) >= 11 is 0. The fraction of sp³-hybridized carbons (Fsp3) is 0.385. The standard InChI is InChI=1S/C26H26F3NO8S/c1-25(2)36-21-13-17(18(24(32)35-3)14-22(21)37-25)23(31)30(15-16-9-5-4-6-10-16)19-11-7-8-12-20(19)38-39(33,34)26(27,28)29/h4-12,21-22H,13-15H2,1-3H3/t21-,22-/m1/s1. The number of hydrogen-bond acceptors (Lipinski definition) is 8. The Bertz CT molecular complexity index is 1390. The Balaban J connectivity index is 1.81. The number of anilines is 1. The largest absolute Gasteiger partial charge is 0.534 e. The molecule has 13 heteroatoms. The first-order valence-electron chi connectivity index (χ1n) is 11.8. The van der Waals surface area contributed by atoms with E-state index in [1.165, 1.54) is 18.2 Å². The van der Waals surface area contributed by atoms with Gasteiger partial charge in [0.2, 0.25) is 0 Å². The highest BCUT2D eigenvalue weighted by atomic mass is 32.2. The van der Waals surface area contributed by atoms with Gasteiger partial charge < -0.3 is 23.3 Å². The molecule has 2 aromatic carbocycles. The molecule has 1 heterocycles. The molecule has 1 aliphatic heterocycles. The molecule has 210 valence electrons. The van der Waals surface area contributed by atoms with E-state index in [9.17, 15) is 31.2 Å². The number of para-hydroxylation sites is 2. The summed E-state index contributed by atoms with van der Waals surface area (Å²) in [4.78, 5) is 27.9. The van der Waals surface area contributed by atoms with Crippen molar-refractivity contribution in [2.75, 3.05) is 12.0 Å². The van der Waals surface area contributed by atoms with Crippen molar-refractivity contribution in [3.63, 3.8) is 0 Å². The second kappa shape index (κ2) is 10.6. The summed E-state index contributed by atoms with van der Waals surface area (Å²) in [6.07, 6.45) is -1.16. The number of carbonyl (C=O) groups is 2. The van der Waals surface area contributed by atoms with Crippen LogP contribution in [0.1, 0.15) is 32.3 Å². The second-order valence-corrected chi connectivity index (χ2v) is 10.9. The molecule has 0 saturated carbocycles. The van der Waals surface area contributed by atoms with Crippen LogP contribution in [0.15, 0.2) is 65.7 Å².